The van der Waals surface area contributed by atoms with Gasteiger partial charge in [-0.25, -0.2) is 13.6 Å². The lowest BCUT2D eigenvalue weighted by Gasteiger charge is -2.21. The van der Waals surface area contributed by atoms with E-state index in [4.69, 9.17) is 0 Å². The third-order valence-corrected chi connectivity index (χ3v) is 3.66. The number of halogens is 2. The highest BCUT2D eigenvalue weighted by Crippen LogP contribution is 2.21. The van der Waals surface area contributed by atoms with Gasteiger partial charge in [-0.2, -0.15) is 0 Å². The van der Waals surface area contributed by atoms with Crippen LogP contribution in [-0.2, 0) is 6.54 Å². The van der Waals surface area contributed by atoms with Crippen molar-refractivity contribution in [3.63, 3.8) is 0 Å². The molecule has 0 heterocycles. The molecule has 2 amide bonds. The lowest BCUT2D eigenvalue weighted by molar-refractivity contribution is 0.234. The number of hydrogen-bond donors (Lipinski definition) is 2. The number of benzene rings is 2. The summed E-state index contributed by atoms with van der Waals surface area (Å²) in [6.07, 6.45) is 0.783. The summed E-state index contributed by atoms with van der Waals surface area (Å²) < 4.78 is 26.7. The lowest BCUT2D eigenvalue weighted by atomic mass is 9.97. The van der Waals surface area contributed by atoms with Crippen LogP contribution in [0.4, 0.5) is 13.6 Å². The predicted molar refractivity (Wildman–Crippen MR) is 90.4 cm³/mol. The second-order valence-electron chi connectivity index (χ2n) is 6.16. The molecule has 0 fully saturated rings. The van der Waals surface area contributed by atoms with Gasteiger partial charge in [0, 0.05) is 12.1 Å². The average Bonchev–Trinajstić information content (AvgIpc) is 2.55. The molecule has 0 aromatic heterocycles. The van der Waals surface area contributed by atoms with Crippen LogP contribution in [0.2, 0.25) is 0 Å². The van der Waals surface area contributed by atoms with Crippen molar-refractivity contribution in [1.29, 1.82) is 0 Å². The molecular weight excluding hydrogens is 310 g/mol. The van der Waals surface area contributed by atoms with Crippen LogP contribution in [0.15, 0.2) is 48.5 Å². The third kappa shape index (κ3) is 5.33. The van der Waals surface area contributed by atoms with Crippen LogP contribution in [0.25, 0.3) is 0 Å². The SMILES string of the molecule is CC(C)CC(NC(=O)NCc1cc(F)ccc1F)c1ccccc1. The first-order valence-corrected chi connectivity index (χ1v) is 7.99. The normalized spacial score (nSPS) is 12.0. The monoisotopic (exact) mass is 332 g/mol. The molecule has 1 unspecified atom stereocenters. The maximum Gasteiger partial charge on any atom is 0.315 e. The quantitative estimate of drug-likeness (QED) is 0.800. The highest BCUT2D eigenvalue weighted by atomic mass is 19.1. The minimum absolute atomic E-state index is 0.0708. The molecule has 0 radical (unpaired) electrons. The van der Waals surface area contributed by atoms with Crippen molar-refractivity contribution in [2.45, 2.75) is 32.9 Å². The highest BCUT2D eigenvalue weighted by Gasteiger charge is 2.16. The topological polar surface area (TPSA) is 41.1 Å². The summed E-state index contributed by atoms with van der Waals surface area (Å²) >= 11 is 0. The van der Waals surface area contributed by atoms with Crippen LogP contribution in [0, 0.1) is 17.6 Å². The number of carbonyl (C=O) groups excluding carboxylic acids is 1. The van der Waals surface area contributed by atoms with Gasteiger partial charge in [-0.1, -0.05) is 44.2 Å². The van der Waals surface area contributed by atoms with Gasteiger partial charge in [0.2, 0.25) is 0 Å². The minimum atomic E-state index is -0.543. The van der Waals surface area contributed by atoms with Gasteiger partial charge in [0.1, 0.15) is 11.6 Å². The molecule has 0 aliphatic carbocycles. The first-order chi connectivity index (χ1) is 11.5. The van der Waals surface area contributed by atoms with E-state index in [0.717, 1.165) is 30.2 Å². The van der Waals surface area contributed by atoms with Gasteiger partial charge in [-0.05, 0) is 36.1 Å². The molecule has 24 heavy (non-hydrogen) atoms. The Morgan fingerprint density at radius 3 is 2.46 bits per heavy atom. The second-order valence-corrected chi connectivity index (χ2v) is 6.16. The zero-order chi connectivity index (χ0) is 17.5. The molecule has 2 rings (SSSR count). The molecule has 5 heteroatoms. The fourth-order valence-electron chi connectivity index (χ4n) is 2.50. The number of urea groups is 1. The number of carbonyl (C=O) groups is 1. The molecule has 0 aliphatic heterocycles. The molecule has 2 aromatic rings. The fourth-order valence-corrected chi connectivity index (χ4v) is 2.50. The predicted octanol–water partition coefficient (Wildman–Crippen LogP) is 4.55. The standard InChI is InChI=1S/C19H22F2N2O/c1-13(2)10-18(14-6-4-3-5-7-14)23-19(24)22-12-15-11-16(20)8-9-17(15)21/h3-9,11,13,18H,10,12H2,1-2H3,(H2,22,23,24). The van der Waals surface area contributed by atoms with Crippen LogP contribution in [0.3, 0.4) is 0 Å². The van der Waals surface area contributed by atoms with E-state index in [1.165, 1.54) is 0 Å². The highest BCUT2D eigenvalue weighted by molar-refractivity contribution is 5.74. The maximum absolute atomic E-state index is 13.6. The van der Waals surface area contributed by atoms with Crippen LogP contribution in [0.1, 0.15) is 37.4 Å². The summed E-state index contributed by atoms with van der Waals surface area (Å²) in [5, 5.41) is 5.49. The molecule has 2 N–H and O–H groups in total. The molecule has 2 aromatic carbocycles. The first-order valence-electron chi connectivity index (χ1n) is 7.99. The van der Waals surface area contributed by atoms with Crippen molar-refractivity contribution in [2.24, 2.45) is 5.92 Å². The lowest BCUT2D eigenvalue weighted by Crippen LogP contribution is -2.38. The first kappa shape index (κ1) is 17.9. The van der Waals surface area contributed by atoms with E-state index in [0.29, 0.717) is 5.92 Å². The summed E-state index contributed by atoms with van der Waals surface area (Å²) in [6.45, 7) is 4.09. The van der Waals surface area contributed by atoms with Crippen LogP contribution < -0.4 is 10.6 Å². The Morgan fingerprint density at radius 1 is 1.08 bits per heavy atom. The Balaban J connectivity index is 1.99. The van der Waals surface area contributed by atoms with Crippen molar-refractivity contribution >= 4 is 6.03 Å². The molecule has 0 saturated heterocycles. The van der Waals surface area contributed by atoms with Crippen molar-refractivity contribution in [3.8, 4) is 0 Å². The van der Waals surface area contributed by atoms with Gasteiger partial charge in [0.05, 0.1) is 6.04 Å². The smallest absolute Gasteiger partial charge is 0.315 e. The van der Waals surface area contributed by atoms with E-state index in [1.54, 1.807) is 0 Å². The van der Waals surface area contributed by atoms with Crippen molar-refractivity contribution < 1.29 is 13.6 Å². The molecule has 0 saturated carbocycles. The van der Waals surface area contributed by atoms with Crippen molar-refractivity contribution in [2.75, 3.05) is 0 Å². The van der Waals surface area contributed by atoms with E-state index in [9.17, 15) is 13.6 Å². The zero-order valence-electron chi connectivity index (χ0n) is 13.9. The van der Waals surface area contributed by atoms with Gasteiger partial charge in [0.15, 0.2) is 0 Å². The number of nitrogens with one attached hydrogen (secondary N) is 2. The van der Waals surface area contributed by atoms with E-state index < -0.39 is 17.7 Å². The Kier molecular flexibility index (Phi) is 6.29. The van der Waals surface area contributed by atoms with Gasteiger partial charge >= 0.3 is 6.03 Å². The van der Waals surface area contributed by atoms with Crippen LogP contribution in [0.5, 0.6) is 0 Å². The van der Waals surface area contributed by atoms with E-state index in [-0.39, 0.29) is 18.2 Å². The molecule has 0 aliphatic rings. The van der Waals surface area contributed by atoms with E-state index >= 15 is 0 Å². The van der Waals surface area contributed by atoms with Gasteiger partial charge < -0.3 is 10.6 Å². The maximum atomic E-state index is 13.6. The molecule has 0 spiro atoms. The summed E-state index contributed by atoms with van der Waals surface area (Å²) in [4.78, 5) is 12.1. The summed E-state index contributed by atoms with van der Waals surface area (Å²) in [5.74, 6) is -0.676. The Labute approximate surface area is 141 Å². The number of rotatable bonds is 6. The van der Waals surface area contributed by atoms with Gasteiger partial charge in [-0.3, -0.25) is 0 Å². The fraction of sp³-hybridized carbons (Fsp3) is 0.316. The average molecular weight is 332 g/mol. The van der Waals surface area contributed by atoms with Gasteiger partial charge in [0.25, 0.3) is 0 Å². The van der Waals surface area contributed by atoms with Crippen molar-refractivity contribution in [3.05, 3.63) is 71.3 Å². The summed E-state index contributed by atoms with van der Waals surface area (Å²) in [6, 6.07) is 12.3. The minimum Gasteiger partial charge on any atom is -0.334 e. The Hall–Kier alpha value is -2.43. The molecule has 1 atom stereocenters. The largest absolute Gasteiger partial charge is 0.334 e. The van der Waals surface area contributed by atoms with Crippen LogP contribution in [-0.4, -0.2) is 6.03 Å². The summed E-state index contributed by atoms with van der Waals surface area (Å²) in [7, 11) is 0. The molecular formula is C19H22F2N2O. The third-order valence-electron chi connectivity index (χ3n) is 3.66. The molecule has 0 bridgehead atoms. The molecule has 128 valence electrons. The zero-order valence-corrected chi connectivity index (χ0v) is 13.9. The Bertz CT molecular complexity index is 674. The van der Waals surface area contributed by atoms with Crippen LogP contribution >= 0.6 is 0 Å². The summed E-state index contributed by atoms with van der Waals surface area (Å²) in [5.41, 5.74) is 1.13. The van der Waals surface area contributed by atoms with Gasteiger partial charge in [-0.15, -0.1) is 0 Å². The van der Waals surface area contributed by atoms with Crippen molar-refractivity contribution in [1.82, 2.24) is 10.6 Å². The number of amides is 2. The second kappa shape index (κ2) is 8.43. The molecule has 3 nitrogen and oxygen atoms in total. The number of hydrogen-bond acceptors (Lipinski definition) is 1. The van der Waals surface area contributed by atoms with E-state index in [2.05, 4.69) is 24.5 Å². The Morgan fingerprint density at radius 2 is 1.79 bits per heavy atom. The van der Waals surface area contributed by atoms with E-state index in [1.807, 2.05) is 30.3 Å².